The van der Waals surface area contributed by atoms with E-state index in [1.807, 2.05) is 45.2 Å². The van der Waals surface area contributed by atoms with Crippen LogP contribution in [0.2, 0.25) is 0 Å². The molecule has 0 saturated carbocycles. The largest absolute Gasteiger partial charge is 0.491 e. The third-order valence-corrected chi connectivity index (χ3v) is 3.77. The van der Waals surface area contributed by atoms with E-state index in [4.69, 9.17) is 4.74 Å². The van der Waals surface area contributed by atoms with E-state index in [9.17, 15) is 4.39 Å². The van der Waals surface area contributed by atoms with E-state index in [-0.39, 0.29) is 18.0 Å². The lowest BCUT2D eigenvalue weighted by molar-refractivity contribution is 0.238. The molecule has 0 heterocycles. The normalized spacial score (nSPS) is 12.5. The summed E-state index contributed by atoms with van der Waals surface area (Å²) in [5.74, 6) is 0.576. The summed E-state index contributed by atoms with van der Waals surface area (Å²) in [6.45, 7) is 4.00. The highest BCUT2D eigenvalue weighted by atomic mass is 79.9. The van der Waals surface area contributed by atoms with Gasteiger partial charge in [0.1, 0.15) is 11.6 Å². The molecule has 0 saturated heterocycles. The molecule has 1 N–H and O–H groups in total. The van der Waals surface area contributed by atoms with E-state index in [1.54, 1.807) is 12.1 Å². The van der Waals surface area contributed by atoms with Gasteiger partial charge in [-0.05, 0) is 60.6 Å². The highest BCUT2D eigenvalue weighted by Crippen LogP contribution is 2.32. The lowest BCUT2D eigenvalue weighted by Crippen LogP contribution is -2.19. The minimum absolute atomic E-state index is 0.0585. The van der Waals surface area contributed by atoms with Crippen LogP contribution in [0.3, 0.4) is 0 Å². The molecule has 0 amide bonds. The summed E-state index contributed by atoms with van der Waals surface area (Å²) >= 11 is 3.24. The van der Waals surface area contributed by atoms with Gasteiger partial charge in [-0.15, -0.1) is 0 Å². The van der Waals surface area contributed by atoms with Crippen LogP contribution in [0.4, 0.5) is 4.39 Å². The molecule has 0 radical (unpaired) electrons. The molecule has 2 rings (SSSR count). The molecule has 112 valence electrons. The van der Waals surface area contributed by atoms with E-state index < -0.39 is 0 Å². The average molecular weight is 352 g/mol. The summed E-state index contributed by atoms with van der Waals surface area (Å²) in [4.78, 5) is 0. The first kappa shape index (κ1) is 16.0. The average Bonchev–Trinajstić information content (AvgIpc) is 2.44. The molecule has 4 heteroatoms. The molecule has 2 aromatic rings. The molecule has 2 nitrogen and oxygen atoms in total. The lowest BCUT2D eigenvalue weighted by Gasteiger charge is -2.22. The summed E-state index contributed by atoms with van der Waals surface area (Å²) in [5, 5.41) is 3.27. The maximum atomic E-state index is 13.4. The summed E-state index contributed by atoms with van der Waals surface area (Å²) in [6, 6.07) is 12.9. The smallest absolute Gasteiger partial charge is 0.137 e. The van der Waals surface area contributed by atoms with E-state index in [2.05, 4.69) is 21.2 Å². The molecular weight excluding hydrogens is 333 g/mol. The minimum atomic E-state index is -0.264. The molecule has 1 unspecified atom stereocenters. The Kier molecular flexibility index (Phi) is 5.37. The van der Waals surface area contributed by atoms with Gasteiger partial charge in [0.2, 0.25) is 0 Å². The maximum Gasteiger partial charge on any atom is 0.137 e. The number of hydrogen-bond donors (Lipinski definition) is 1. The van der Waals surface area contributed by atoms with E-state index in [0.717, 1.165) is 16.9 Å². The van der Waals surface area contributed by atoms with Crippen molar-refractivity contribution in [2.24, 2.45) is 0 Å². The number of halogens is 2. The van der Waals surface area contributed by atoms with Crippen LogP contribution in [0.25, 0.3) is 0 Å². The Morgan fingerprint density at radius 3 is 2.48 bits per heavy atom. The number of nitrogens with one attached hydrogen (secondary N) is 1. The zero-order valence-electron chi connectivity index (χ0n) is 12.4. The predicted octanol–water partition coefficient (Wildman–Crippen LogP) is 4.68. The van der Waals surface area contributed by atoms with Gasteiger partial charge < -0.3 is 10.1 Å². The second kappa shape index (κ2) is 7.05. The fraction of sp³-hybridized carbons (Fsp3) is 0.294. The van der Waals surface area contributed by atoms with E-state index in [1.165, 1.54) is 6.07 Å². The van der Waals surface area contributed by atoms with Gasteiger partial charge in [0.05, 0.1) is 16.6 Å². The Morgan fingerprint density at radius 1 is 1.14 bits per heavy atom. The monoisotopic (exact) mass is 351 g/mol. The predicted molar refractivity (Wildman–Crippen MR) is 87.2 cm³/mol. The van der Waals surface area contributed by atoms with E-state index in [0.29, 0.717) is 4.47 Å². The molecule has 0 fully saturated rings. The molecule has 0 aliphatic carbocycles. The van der Waals surface area contributed by atoms with Gasteiger partial charge in [-0.25, -0.2) is 4.39 Å². The van der Waals surface area contributed by atoms with Crippen molar-refractivity contribution < 1.29 is 9.13 Å². The molecule has 0 aliphatic rings. The summed E-state index contributed by atoms with van der Waals surface area (Å²) < 4.78 is 19.8. The topological polar surface area (TPSA) is 21.3 Å². The lowest BCUT2D eigenvalue weighted by atomic mass is 9.98. The number of hydrogen-bond acceptors (Lipinski definition) is 2. The first-order valence-electron chi connectivity index (χ1n) is 6.90. The zero-order valence-corrected chi connectivity index (χ0v) is 13.9. The Bertz CT molecular complexity index is 615. The Balaban J connectivity index is 2.43. The molecule has 0 aliphatic heterocycles. The first-order valence-corrected chi connectivity index (χ1v) is 7.70. The van der Waals surface area contributed by atoms with Crippen LogP contribution in [0.5, 0.6) is 5.75 Å². The second-order valence-corrected chi connectivity index (χ2v) is 5.95. The highest BCUT2D eigenvalue weighted by Gasteiger charge is 2.18. The van der Waals surface area contributed by atoms with Crippen LogP contribution in [-0.4, -0.2) is 13.2 Å². The standard InChI is InChI=1S/C17H19BrFNO/c1-11(2)21-16-7-5-4-6-13(16)17(20-3)12-8-9-15(19)14(18)10-12/h4-11,17,20H,1-3H3. The Hall–Kier alpha value is -1.39. The SMILES string of the molecule is CNC(c1ccc(F)c(Br)c1)c1ccccc1OC(C)C. The molecule has 0 spiro atoms. The van der Waals surface area contributed by atoms with Crippen molar-refractivity contribution in [3.8, 4) is 5.75 Å². The third-order valence-electron chi connectivity index (χ3n) is 3.16. The number of rotatable bonds is 5. The van der Waals surface area contributed by atoms with Gasteiger partial charge in [-0.1, -0.05) is 24.3 Å². The van der Waals surface area contributed by atoms with Crippen LogP contribution < -0.4 is 10.1 Å². The van der Waals surface area contributed by atoms with Crippen molar-refractivity contribution in [3.05, 3.63) is 63.9 Å². The van der Waals surface area contributed by atoms with Crippen LogP contribution >= 0.6 is 15.9 Å². The van der Waals surface area contributed by atoms with Gasteiger partial charge in [0.15, 0.2) is 0 Å². The summed E-state index contributed by atoms with van der Waals surface area (Å²) in [5.41, 5.74) is 2.01. The Labute approximate surface area is 133 Å². The van der Waals surface area contributed by atoms with Crippen molar-refractivity contribution in [3.63, 3.8) is 0 Å². The van der Waals surface area contributed by atoms with Crippen LogP contribution in [-0.2, 0) is 0 Å². The third kappa shape index (κ3) is 3.83. The molecule has 21 heavy (non-hydrogen) atoms. The van der Waals surface area contributed by atoms with Gasteiger partial charge in [0.25, 0.3) is 0 Å². The van der Waals surface area contributed by atoms with Gasteiger partial charge in [0, 0.05) is 5.56 Å². The minimum Gasteiger partial charge on any atom is -0.491 e. The quantitative estimate of drug-likeness (QED) is 0.843. The van der Waals surface area contributed by atoms with Gasteiger partial charge in [-0.2, -0.15) is 0 Å². The molecule has 0 bridgehead atoms. The van der Waals surface area contributed by atoms with Gasteiger partial charge in [-0.3, -0.25) is 0 Å². The zero-order chi connectivity index (χ0) is 15.4. The van der Waals surface area contributed by atoms with Crippen molar-refractivity contribution in [1.29, 1.82) is 0 Å². The number of para-hydroxylation sites is 1. The molecular formula is C17H19BrFNO. The molecule has 1 atom stereocenters. The molecule has 0 aromatic heterocycles. The van der Waals surface area contributed by atoms with Crippen LogP contribution in [0.1, 0.15) is 31.0 Å². The Morgan fingerprint density at radius 2 is 1.86 bits per heavy atom. The fourth-order valence-electron chi connectivity index (χ4n) is 2.27. The number of ether oxygens (including phenoxy) is 1. The van der Waals surface area contributed by atoms with Crippen molar-refractivity contribution in [2.75, 3.05) is 7.05 Å². The summed E-state index contributed by atoms with van der Waals surface area (Å²) in [7, 11) is 1.88. The van der Waals surface area contributed by atoms with Crippen LogP contribution in [0, 0.1) is 5.82 Å². The summed E-state index contributed by atoms with van der Waals surface area (Å²) in [6.07, 6.45) is 0.101. The number of benzene rings is 2. The van der Waals surface area contributed by atoms with Gasteiger partial charge >= 0.3 is 0 Å². The van der Waals surface area contributed by atoms with E-state index >= 15 is 0 Å². The van der Waals surface area contributed by atoms with Crippen molar-refractivity contribution in [2.45, 2.75) is 26.0 Å². The maximum absolute atomic E-state index is 13.4. The van der Waals surface area contributed by atoms with Crippen molar-refractivity contribution in [1.82, 2.24) is 5.32 Å². The highest BCUT2D eigenvalue weighted by molar-refractivity contribution is 9.10. The fourth-order valence-corrected chi connectivity index (χ4v) is 2.67. The first-order chi connectivity index (χ1) is 10.0. The van der Waals surface area contributed by atoms with Crippen molar-refractivity contribution >= 4 is 15.9 Å². The van der Waals surface area contributed by atoms with Crippen LogP contribution in [0.15, 0.2) is 46.9 Å². The second-order valence-electron chi connectivity index (χ2n) is 5.10. The molecule has 2 aromatic carbocycles.